The lowest BCUT2D eigenvalue weighted by Gasteiger charge is -2.34. The van der Waals surface area contributed by atoms with Gasteiger partial charge in [-0.1, -0.05) is 0 Å². The number of phenolic OH excluding ortho intramolecular Hbond substituents is 2. The highest BCUT2D eigenvalue weighted by Crippen LogP contribution is 2.40. The Labute approximate surface area is 172 Å². The predicted octanol–water partition coefficient (Wildman–Crippen LogP) is 1.77. The van der Waals surface area contributed by atoms with Crippen LogP contribution in [0.15, 0.2) is 24.3 Å². The van der Waals surface area contributed by atoms with Gasteiger partial charge in [-0.05, 0) is 31.3 Å². The van der Waals surface area contributed by atoms with Gasteiger partial charge in [-0.25, -0.2) is 9.97 Å². The number of hydrogen-bond donors (Lipinski definition) is 4. The third-order valence-corrected chi connectivity index (χ3v) is 5.92. The number of imidazole rings is 2. The van der Waals surface area contributed by atoms with Crippen molar-refractivity contribution in [1.82, 2.24) is 24.4 Å². The lowest BCUT2D eigenvalue weighted by molar-refractivity contribution is 0.268. The highest BCUT2D eigenvalue weighted by Gasteiger charge is 2.21. The van der Waals surface area contributed by atoms with E-state index in [1.54, 1.807) is 11.6 Å². The lowest BCUT2D eigenvalue weighted by atomic mass is 10.1. The minimum atomic E-state index is -0.293. The standard InChI is InChI=1S/C21H24N6O3/c1-25-5-7-27(8-6-25)12-3-4-14-15(9-12)23-21(22-14)13-10-16(29)19-18(20(13)30)24-17(11-28)26(19)2/h3-4,9-10,28-30H,5-8,11H2,1-2H3,(H,22,23). The van der Waals surface area contributed by atoms with Crippen molar-refractivity contribution in [2.45, 2.75) is 6.61 Å². The Kier molecular flexibility index (Phi) is 4.30. The quantitative estimate of drug-likeness (QED) is 0.382. The number of fused-ring (bicyclic) bond motifs is 2. The van der Waals surface area contributed by atoms with Crippen LogP contribution in [-0.4, -0.2) is 73.0 Å². The Morgan fingerprint density at radius 2 is 1.80 bits per heavy atom. The molecule has 0 bridgehead atoms. The van der Waals surface area contributed by atoms with Gasteiger partial charge >= 0.3 is 0 Å². The molecule has 0 spiro atoms. The molecule has 1 aliphatic rings. The van der Waals surface area contributed by atoms with Gasteiger partial charge in [0.15, 0.2) is 5.75 Å². The molecule has 0 amide bonds. The predicted molar refractivity (Wildman–Crippen MR) is 115 cm³/mol. The Morgan fingerprint density at radius 1 is 1.03 bits per heavy atom. The summed E-state index contributed by atoms with van der Waals surface area (Å²) in [6.45, 7) is 3.71. The zero-order chi connectivity index (χ0) is 21.0. The molecule has 9 heteroatoms. The first-order valence-corrected chi connectivity index (χ1v) is 9.91. The summed E-state index contributed by atoms with van der Waals surface area (Å²) < 4.78 is 1.56. The molecule has 156 valence electrons. The molecule has 0 unspecified atom stereocenters. The van der Waals surface area contributed by atoms with Crippen molar-refractivity contribution >= 4 is 27.8 Å². The Hall–Kier alpha value is -3.30. The maximum Gasteiger partial charge on any atom is 0.154 e. The SMILES string of the molecule is CN1CCN(c2ccc3nc(-c4cc(O)c5c(nc(CO)n5C)c4O)[nH]c3c2)CC1. The second-order valence-electron chi connectivity index (χ2n) is 7.81. The first-order valence-electron chi connectivity index (χ1n) is 9.91. The third kappa shape index (κ3) is 2.86. The number of aromatic amines is 1. The van der Waals surface area contributed by atoms with Crippen LogP contribution in [0.5, 0.6) is 11.5 Å². The Morgan fingerprint density at radius 3 is 2.53 bits per heavy atom. The van der Waals surface area contributed by atoms with E-state index in [0.717, 1.165) is 42.9 Å². The number of aromatic hydroxyl groups is 2. The molecular weight excluding hydrogens is 384 g/mol. The summed E-state index contributed by atoms with van der Waals surface area (Å²) in [6.07, 6.45) is 0. The number of benzene rings is 2. The summed E-state index contributed by atoms with van der Waals surface area (Å²) in [6, 6.07) is 7.56. The van der Waals surface area contributed by atoms with Crippen LogP contribution in [0.2, 0.25) is 0 Å². The van der Waals surface area contributed by atoms with E-state index in [1.165, 1.54) is 6.07 Å². The molecule has 1 fully saturated rings. The first-order chi connectivity index (χ1) is 14.5. The number of nitrogens with zero attached hydrogens (tertiary/aromatic N) is 5. The van der Waals surface area contributed by atoms with E-state index < -0.39 is 0 Å². The molecule has 2 aromatic heterocycles. The molecule has 0 atom stereocenters. The van der Waals surface area contributed by atoms with Crippen molar-refractivity contribution in [3.63, 3.8) is 0 Å². The summed E-state index contributed by atoms with van der Waals surface area (Å²) in [5, 5.41) is 30.8. The minimum Gasteiger partial charge on any atom is -0.506 e. The first kappa shape index (κ1) is 18.7. The van der Waals surface area contributed by atoms with Crippen LogP contribution in [-0.2, 0) is 13.7 Å². The monoisotopic (exact) mass is 408 g/mol. The van der Waals surface area contributed by atoms with Gasteiger partial charge in [-0.15, -0.1) is 0 Å². The number of anilines is 1. The van der Waals surface area contributed by atoms with Gasteiger partial charge in [0.1, 0.15) is 35.0 Å². The maximum atomic E-state index is 10.8. The van der Waals surface area contributed by atoms with Crippen molar-refractivity contribution < 1.29 is 15.3 Å². The minimum absolute atomic E-state index is 0.0360. The smallest absolute Gasteiger partial charge is 0.154 e. The molecule has 1 aliphatic heterocycles. The molecule has 0 aliphatic carbocycles. The van der Waals surface area contributed by atoms with Crippen LogP contribution in [0.3, 0.4) is 0 Å². The molecule has 3 heterocycles. The maximum absolute atomic E-state index is 10.8. The normalized spacial score (nSPS) is 15.5. The van der Waals surface area contributed by atoms with Crippen LogP contribution in [0.25, 0.3) is 33.5 Å². The number of aliphatic hydroxyl groups is 1. The van der Waals surface area contributed by atoms with E-state index in [9.17, 15) is 15.3 Å². The van der Waals surface area contributed by atoms with Crippen molar-refractivity contribution in [2.24, 2.45) is 7.05 Å². The largest absolute Gasteiger partial charge is 0.506 e. The summed E-state index contributed by atoms with van der Waals surface area (Å²) in [5.74, 6) is 0.683. The number of piperazine rings is 1. The molecule has 4 N–H and O–H groups in total. The average Bonchev–Trinajstić information content (AvgIpc) is 3.32. The molecule has 30 heavy (non-hydrogen) atoms. The van der Waals surface area contributed by atoms with Crippen LogP contribution < -0.4 is 4.90 Å². The lowest BCUT2D eigenvalue weighted by Crippen LogP contribution is -2.44. The van der Waals surface area contributed by atoms with Crippen LogP contribution in [0.1, 0.15) is 5.82 Å². The molecule has 0 radical (unpaired) electrons. The fourth-order valence-electron chi connectivity index (χ4n) is 4.11. The summed E-state index contributed by atoms with van der Waals surface area (Å²) in [4.78, 5) is 16.8. The summed E-state index contributed by atoms with van der Waals surface area (Å²) in [7, 11) is 3.81. The number of rotatable bonds is 3. The van der Waals surface area contributed by atoms with Crippen molar-refractivity contribution in [3.8, 4) is 22.9 Å². The third-order valence-electron chi connectivity index (χ3n) is 5.92. The van der Waals surface area contributed by atoms with Gasteiger partial charge in [0.2, 0.25) is 0 Å². The molecular formula is C21H24N6O3. The second-order valence-corrected chi connectivity index (χ2v) is 7.81. The molecule has 2 aromatic carbocycles. The zero-order valence-corrected chi connectivity index (χ0v) is 16.9. The number of H-pyrrole nitrogens is 1. The molecule has 1 saturated heterocycles. The van der Waals surface area contributed by atoms with E-state index >= 15 is 0 Å². The number of likely N-dealkylation sites (N-methyl/N-ethyl adjacent to an activating group) is 1. The topological polar surface area (TPSA) is 114 Å². The number of nitrogens with one attached hydrogen (secondary N) is 1. The molecule has 5 rings (SSSR count). The van der Waals surface area contributed by atoms with Crippen molar-refractivity contribution in [2.75, 3.05) is 38.1 Å². The van der Waals surface area contributed by atoms with E-state index in [0.29, 0.717) is 22.7 Å². The fourth-order valence-corrected chi connectivity index (χ4v) is 4.11. The van der Waals surface area contributed by atoms with Crippen LogP contribution in [0.4, 0.5) is 5.69 Å². The average molecular weight is 408 g/mol. The highest BCUT2D eigenvalue weighted by molar-refractivity contribution is 5.95. The van der Waals surface area contributed by atoms with Crippen molar-refractivity contribution in [3.05, 3.63) is 30.1 Å². The Bertz CT molecular complexity index is 1250. The number of phenols is 2. The molecule has 0 saturated carbocycles. The highest BCUT2D eigenvalue weighted by atomic mass is 16.3. The van der Waals surface area contributed by atoms with E-state index in [2.05, 4.69) is 43.9 Å². The van der Waals surface area contributed by atoms with E-state index in [4.69, 9.17) is 0 Å². The van der Waals surface area contributed by atoms with Gasteiger partial charge in [-0.2, -0.15) is 0 Å². The van der Waals surface area contributed by atoms with Crippen molar-refractivity contribution in [1.29, 1.82) is 0 Å². The van der Waals surface area contributed by atoms with Gasteiger partial charge in [0, 0.05) is 38.9 Å². The number of aliphatic hydroxyl groups excluding tert-OH is 1. The number of aromatic nitrogens is 4. The van der Waals surface area contributed by atoms with Crippen LogP contribution >= 0.6 is 0 Å². The van der Waals surface area contributed by atoms with E-state index in [-0.39, 0.29) is 23.6 Å². The second kappa shape index (κ2) is 6.89. The van der Waals surface area contributed by atoms with Gasteiger partial charge in [0.25, 0.3) is 0 Å². The fraction of sp³-hybridized carbons (Fsp3) is 0.333. The van der Waals surface area contributed by atoms with Gasteiger partial charge < -0.3 is 34.7 Å². The van der Waals surface area contributed by atoms with Gasteiger partial charge in [-0.3, -0.25) is 0 Å². The Balaban J connectivity index is 1.58. The number of hydrogen-bond acceptors (Lipinski definition) is 7. The summed E-state index contributed by atoms with van der Waals surface area (Å²) in [5.41, 5.74) is 3.73. The van der Waals surface area contributed by atoms with Gasteiger partial charge in [0.05, 0.1) is 16.6 Å². The zero-order valence-electron chi connectivity index (χ0n) is 16.9. The van der Waals surface area contributed by atoms with Crippen LogP contribution in [0, 0.1) is 0 Å². The molecule has 9 nitrogen and oxygen atoms in total. The summed E-state index contributed by atoms with van der Waals surface area (Å²) >= 11 is 0. The van der Waals surface area contributed by atoms with E-state index in [1.807, 2.05) is 6.07 Å². The number of aryl methyl sites for hydroxylation is 1. The molecule has 4 aromatic rings.